The largest absolute Gasteiger partial charge is 0.494 e. The minimum absolute atomic E-state index is 0.177. The third kappa shape index (κ3) is 4.91. The maximum atomic E-state index is 5.70. The monoisotopic (exact) mass is 287 g/mol. The molecule has 2 rings (SSSR count). The lowest BCUT2D eigenvalue weighted by Crippen LogP contribution is -2.20. The Morgan fingerprint density at radius 3 is 2.52 bits per heavy atom. The van der Waals surface area contributed by atoms with Crippen molar-refractivity contribution in [2.45, 2.75) is 33.2 Å². The van der Waals surface area contributed by atoms with Gasteiger partial charge in [0.15, 0.2) is 0 Å². The smallest absolute Gasteiger partial charge is 0.227 e. The number of nitrogens with one attached hydrogen (secondary N) is 1. The Morgan fingerprint density at radius 2 is 1.86 bits per heavy atom. The predicted octanol–water partition coefficient (Wildman–Crippen LogP) is 2.34. The summed E-state index contributed by atoms with van der Waals surface area (Å²) in [5.74, 6) is 2.22. The van der Waals surface area contributed by atoms with E-state index in [1.54, 1.807) is 6.92 Å². The number of nitrogens with zero attached hydrogens (tertiary/aromatic N) is 3. The van der Waals surface area contributed by atoms with Crippen molar-refractivity contribution < 1.29 is 4.74 Å². The van der Waals surface area contributed by atoms with E-state index in [0.29, 0.717) is 18.4 Å². The van der Waals surface area contributed by atoms with Crippen molar-refractivity contribution >= 4 is 11.9 Å². The minimum Gasteiger partial charge on any atom is -0.494 e. The van der Waals surface area contributed by atoms with E-state index in [1.807, 2.05) is 31.2 Å². The van der Waals surface area contributed by atoms with Crippen molar-refractivity contribution in [2.24, 2.45) is 0 Å². The van der Waals surface area contributed by atoms with Crippen LogP contribution in [0, 0.1) is 13.8 Å². The Balaban J connectivity index is 1.79. The molecule has 1 aromatic heterocycles. The highest BCUT2D eigenvalue weighted by atomic mass is 16.5. The fraction of sp³-hybridized carbons (Fsp3) is 0.400. The van der Waals surface area contributed by atoms with Crippen LogP contribution in [-0.2, 0) is 0 Å². The SMILES string of the molecule is Cc1ccc(OCC[C@H](C)Nc2nc(C)nc(N)n2)cc1. The van der Waals surface area contributed by atoms with Crippen molar-refractivity contribution in [2.75, 3.05) is 17.7 Å². The molecule has 0 fully saturated rings. The van der Waals surface area contributed by atoms with Crippen LogP contribution in [0.25, 0.3) is 0 Å². The van der Waals surface area contributed by atoms with E-state index in [4.69, 9.17) is 10.5 Å². The molecule has 2 aromatic rings. The van der Waals surface area contributed by atoms with Gasteiger partial charge in [0.25, 0.3) is 0 Å². The number of nitrogen functional groups attached to an aromatic ring is 1. The van der Waals surface area contributed by atoms with Crippen molar-refractivity contribution in [1.29, 1.82) is 0 Å². The molecule has 0 saturated carbocycles. The van der Waals surface area contributed by atoms with Crippen LogP contribution in [0.2, 0.25) is 0 Å². The average Bonchev–Trinajstić information content (AvgIpc) is 2.39. The van der Waals surface area contributed by atoms with Gasteiger partial charge in [0.05, 0.1) is 6.61 Å². The number of rotatable bonds is 6. The van der Waals surface area contributed by atoms with E-state index in [9.17, 15) is 0 Å². The first kappa shape index (κ1) is 15.0. The first-order valence-electron chi connectivity index (χ1n) is 6.97. The number of benzene rings is 1. The number of hydrogen-bond acceptors (Lipinski definition) is 6. The van der Waals surface area contributed by atoms with Crippen LogP contribution in [0.1, 0.15) is 24.7 Å². The molecular formula is C15H21N5O. The fourth-order valence-corrected chi connectivity index (χ4v) is 1.85. The summed E-state index contributed by atoms with van der Waals surface area (Å²) in [6.45, 7) is 6.51. The average molecular weight is 287 g/mol. The van der Waals surface area contributed by atoms with Crippen LogP contribution in [0.15, 0.2) is 24.3 Å². The van der Waals surface area contributed by atoms with Crippen LogP contribution < -0.4 is 15.8 Å². The summed E-state index contributed by atoms with van der Waals surface area (Å²) in [6, 6.07) is 8.20. The Hall–Kier alpha value is -2.37. The number of hydrogen-bond donors (Lipinski definition) is 2. The molecule has 0 aliphatic heterocycles. The molecule has 0 aliphatic carbocycles. The summed E-state index contributed by atoms with van der Waals surface area (Å²) < 4.78 is 5.70. The molecule has 6 nitrogen and oxygen atoms in total. The van der Waals surface area contributed by atoms with Crippen molar-refractivity contribution in [3.8, 4) is 5.75 Å². The Morgan fingerprint density at radius 1 is 1.14 bits per heavy atom. The molecular weight excluding hydrogens is 266 g/mol. The van der Waals surface area contributed by atoms with E-state index in [-0.39, 0.29) is 12.0 Å². The van der Waals surface area contributed by atoms with Crippen molar-refractivity contribution in [1.82, 2.24) is 15.0 Å². The summed E-state index contributed by atoms with van der Waals surface area (Å²) in [5.41, 5.74) is 6.82. The lowest BCUT2D eigenvalue weighted by Gasteiger charge is -2.14. The van der Waals surface area contributed by atoms with Gasteiger partial charge >= 0.3 is 0 Å². The van der Waals surface area contributed by atoms with Gasteiger partial charge in [-0.05, 0) is 32.9 Å². The molecule has 21 heavy (non-hydrogen) atoms. The molecule has 1 heterocycles. The zero-order valence-corrected chi connectivity index (χ0v) is 12.6. The van der Waals surface area contributed by atoms with Crippen molar-refractivity contribution in [3.05, 3.63) is 35.7 Å². The second kappa shape index (κ2) is 6.88. The fourth-order valence-electron chi connectivity index (χ4n) is 1.85. The molecule has 6 heteroatoms. The number of ether oxygens (including phenoxy) is 1. The number of aromatic nitrogens is 3. The highest BCUT2D eigenvalue weighted by Gasteiger charge is 2.06. The number of anilines is 2. The van der Waals surface area contributed by atoms with Crippen LogP contribution in [0.4, 0.5) is 11.9 Å². The third-order valence-electron chi connectivity index (χ3n) is 2.98. The molecule has 112 valence electrons. The van der Waals surface area contributed by atoms with Crippen LogP contribution in [-0.4, -0.2) is 27.6 Å². The standard InChI is InChI=1S/C15H21N5O/c1-10-4-6-13(7-5-10)21-9-8-11(2)17-15-19-12(3)18-14(16)20-15/h4-7,11H,8-9H2,1-3H3,(H3,16,17,18,19,20)/t11-/m0/s1. The summed E-state index contributed by atoms with van der Waals surface area (Å²) in [6.07, 6.45) is 0.832. The van der Waals surface area contributed by atoms with Gasteiger partial charge in [0.1, 0.15) is 11.6 Å². The van der Waals surface area contributed by atoms with Crippen molar-refractivity contribution in [3.63, 3.8) is 0 Å². The van der Waals surface area contributed by atoms with Gasteiger partial charge < -0.3 is 15.8 Å². The summed E-state index contributed by atoms with van der Waals surface area (Å²) in [4.78, 5) is 12.2. The van der Waals surface area contributed by atoms with Gasteiger partial charge in [-0.3, -0.25) is 0 Å². The summed E-state index contributed by atoms with van der Waals surface area (Å²) >= 11 is 0. The number of aryl methyl sites for hydroxylation is 2. The van der Waals surface area contributed by atoms with Crippen LogP contribution in [0.5, 0.6) is 5.75 Å². The Labute approximate surface area is 124 Å². The molecule has 0 saturated heterocycles. The Kier molecular flexibility index (Phi) is 4.92. The van der Waals surface area contributed by atoms with Gasteiger partial charge in [-0.1, -0.05) is 17.7 Å². The number of nitrogens with two attached hydrogens (primary N) is 1. The van der Waals surface area contributed by atoms with E-state index in [2.05, 4.69) is 27.2 Å². The maximum absolute atomic E-state index is 5.70. The van der Waals surface area contributed by atoms with E-state index >= 15 is 0 Å². The van der Waals surface area contributed by atoms with Gasteiger partial charge in [-0.2, -0.15) is 15.0 Å². The van der Waals surface area contributed by atoms with Crippen LogP contribution in [0.3, 0.4) is 0 Å². The molecule has 0 radical (unpaired) electrons. The van der Waals surface area contributed by atoms with Crippen LogP contribution >= 0.6 is 0 Å². The van der Waals surface area contributed by atoms with E-state index < -0.39 is 0 Å². The van der Waals surface area contributed by atoms with E-state index in [1.165, 1.54) is 5.56 Å². The van der Waals surface area contributed by atoms with Gasteiger partial charge in [0.2, 0.25) is 11.9 Å². The second-order valence-corrected chi connectivity index (χ2v) is 5.06. The zero-order chi connectivity index (χ0) is 15.2. The third-order valence-corrected chi connectivity index (χ3v) is 2.98. The maximum Gasteiger partial charge on any atom is 0.227 e. The molecule has 0 aliphatic rings. The molecule has 0 spiro atoms. The molecule has 0 amide bonds. The molecule has 0 unspecified atom stereocenters. The first-order chi connectivity index (χ1) is 10.0. The quantitative estimate of drug-likeness (QED) is 0.848. The molecule has 1 aromatic carbocycles. The minimum atomic E-state index is 0.177. The molecule has 1 atom stereocenters. The topological polar surface area (TPSA) is 86.0 Å². The van der Waals surface area contributed by atoms with Gasteiger partial charge in [0, 0.05) is 12.5 Å². The second-order valence-electron chi connectivity index (χ2n) is 5.06. The molecule has 0 bridgehead atoms. The first-order valence-corrected chi connectivity index (χ1v) is 6.97. The highest BCUT2D eigenvalue weighted by molar-refractivity contribution is 5.31. The predicted molar refractivity (Wildman–Crippen MR) is 83.4 cm³/mol. The molecule has 3 N–H and O–H groups in total. The highest BCUT2D eigenvalue weighted by Crippen LogP contribution is 2.12. The lowest BCUT2D eigenvalue weighted by molar-refractivity contribution is 0.304. The Bertz CT molecular complexity index is 565. The summed E-state index contributed by atoms with van der Waals surface area (Å²) in [5, 5.41) is 3.20. The van der Waals surface area contributed by atoms with Gasteiger partial charge in [-0.25, -0.2) is 0 Å². The summed E-state index contributed by atoms with van der Waals surface area (Å²) in [7, 11) is 0. The van der Waals surface area contributed by atoms with Gasteiger partial charge in [-0.15, -0.1) is 0 Å². The normalized spacial score (nSPS) is 12.0. The van der Waals surface area contributed by atoms with E-state index in [0.717, 1.165) is 12.2 Å². The zero-order valence-electron chi connectivity index (χ0n) is 12.6. The lowest BCUT2D eigenvalue weighted by atomic mass is 10.2.